The number of alkyl halides is 3. The summed E-state index contributed by atoms with van der Waals surface area (Å²) in [5.41, 5.74) is 1.69. The molecule has 0 aliphatic heterocycles. The molecule has 3 heterocycles. The molecular formula is C18H20F3N5O2. The van der Waals surface area contributed by atoms with E-state index in [0.717, 1.165) is 4.52 Å². The number of rotatable bonds is 5. The molecule has 3 aromatic heterocycles. The van der Waals surface area contributed by atoms with E-state index in [-0.39, 0.29) is 24.1 Å². The third kappa shape index (κ3) is 3.71. The summed E-state index contributed by atoms with van der Waals surface area (Å²) >= 11 is 0. The zero-order valence-corrected chi connectivity index (χ0v) is 15.9. The molecule has 1 unspecified atom stereocenters. The number of fused-ring (bicyclic) bond motifs is 1. The van der Waals surface area contributed by atoms with Crippen LogP contribution in [-0.4, -0.2) is 37.4 Å². The summed E-state index contributed by atoms with van der Waals surface area (Å²) in [4.78, 5) is 21.7. The van der Waals surface area contributed by atoms with Crippen molar-refractivity contribution >= 4 is 11.7 Å². The smallest absolute Gasteiger partial charge is 0.453 e. The molecule has 0 aromatic carbocycles. The number of furan rings is 1. The largest absolute Gasteiger partial charge is 0.467 e. The molecule has 0 fully saturated rings. The summed E-state index contributed by atoms with van der Waals surface area (Å²) < 4.78 is 45.0. The van der Waals surface area contributed by atoms with Crippen LogP contribution in [0.3, 0.4) is 0 Å². The van der Waals surface area contributed by atoms with E-state index in [9.17, 15) is 18.0 Å². The van der Waals surface area contributed by atoms with Crippen molar-refractivity contribution in [3.63, 3.8) is 0 Å². The summed E-state index contributed by atoms with van der Waals surface area (Å²) in [6.07, 6.45) is -2.59. The van der Waals surface area contributed by atoms with Gasteiger partial charge in [-0.1, -0.05) is 0 Å². The number of halogens is 3. The van der Waals surface area contributed by atoms with Crippen molar-refractivity contribution in [3.8, 4) is 0 Å². The fourth-order valence-corrected chi connectivity index (χ4v) is 3.03. The van der Waals surface area contributed by atoms with Gasteiger partial charge in [-0.15, -0.1) is 5.10 Å². The van der Waals surface area contributed by atoms with Gasteiger partial charge in [0.2, 0.25) is 5.91 Å². The number of carbonyl (C=O) groups excluding carboxylic acids is 1. The Labute approximate surface area is 159 Å². The van der Waals surface area contributed by atoms with E-state index >= 15 is 0 Å². The molecule has 0 radical (unpaired) electrons. The van der Waals surface area contributed by atoms with Gasteiger partial charge in [0.25, 0.3) is 11.6 Å². The van der Waals surface area contributed by atoms with E-state index in [2.05, 4.69) is 15.1 Å². The van der Waals surface area contributed by atoms with Crippen LogP contribution in [0, 0.1) is 13.8 Å². The van der Waals surface area contributed by atoms with Crippen molar-refractivity contribution in [2.45, 2.75) is 45.8 Å². The molecule has 0 aliphatic rings. The van der Waals surface area contributed by atoms with E-state index in [1.807, 2.05) is 6.92 Å². The van der Waals surface area contributed by atoms with Crippen LogP contribution < -0.4 is 0 Å². The van der Waals surface area contributed by atoms with Crippen molar-refractivity contribution in [3.05, 3.63) is 46.9 Å². The average molecular weight is 395 g/mol. The number of carbonyl (C=O) groups is 1. The van der Waals surface area contributed by atoms with Gasteiger partial charge in [-0.05, 0) is 44.9 Å². The first-order valence-corrected chi connectivity index (χ1v) is 8.68. The Kier molecular flexibility index (Phi) is 5.14. The predicted molar refractivity (Wildman–Crippen MR) is 93.5 cm³/mol. The number of nitrogens with zero attached hydrogens (tertiary/aromatic N) is 5. The number of hydrogen-bond donors (Lipinski definition) is 0. The molecule has 0 saturated carbocycles. The highest BCUT2D eigenvalue weighted by Gasteiger charge is 2.37. The van der Waals surface area contributed by atoms with Crippen LogP contribution in [0.4, 0.5) is 13.2 Å². The fourth-order valence-electron chi connectivity index (χ4n) is 3.03. The summed E-state index contributed by atoms with van der Waals surface area (Å²) in [5.74, 6) is -0.783. The standard InChI is InChI=1S/C18H20F3N5O2/c1-10-13(7-8-15(27)25(4)12(3)14-6-5-9-28-14)11(2)26-17(22-10)23-16(24-26)18(19,20)21/h5-6,9,12H,7-8H2,1-4H3. The highest BCUT2D eigenvalue weighted by atomic mass is 19.4. The van der Waals surface area contributed by atoms with Gasteiger partial charge in [0, 0.05) is 24.9 Å². The van der Waals surface area contributed by atoms with Gasteiger partial charge in [-0.3, -0.25) is 4.79 Å². The van der Waals surface area contributed by atoms with E-state index in [1.54, 1.807) is 44.2 Å². The lowest BCUT2D eigenvalue weighted by Crippen LogP contribution is -2.29. The quantitative estimate of drug-likeness (QED) is 0.661. The van der Waals surface area contributed by atoms with E-state index in [0.29, 0.717) is 29.1 Å². The summed E-state index contributed by atoms with van der Waals surface area (Å²) in [6.45, 7) is 5.18. The zero-order chi connectivity index (χ0) is 20.6. The van der Waals surface area contributed by atoms with Crippen LogP contribution >= 0.6 is 0 Å². The average Bonchev–Trinajstić information content (AvgIpc) is 3.29. The van der Waals surface area contributed by atoms with E-state index in [1.165, 1.54) is 0 Å². The second kappa shape index (κ2) is 7.25. The second-order valence-electron chi connectivity index (χ2n) is 6.60. The lowest BCUT2D eigenvalue weighted by Gasteiger charge is -2.23. The third-order valence-corrected chi connectivity index (χ3v) is 4.82. The number of amides is 1. The highest BCUT2D eigenvalue weighted by molar-refractivity contribution is 5.76. The number of aryl methyl sites for hydroxylation is 2. The van der Waals surface area contributed by atoms with Gasteiger partial charge >= 0.3 is 6.18 Å². The maximum atomic E-state index is 12.9. The first kappa shape index (κ1) is 19.8. The van der Waals surface area contributed by atoms with Crippen LogP contribution in [0.5, 0.6) is 0 Å². The third-order valence-electron chi connectivity index (χ3n) is 4.82. The molecule has 0 spiro atoms. The van der Waals surface area contributed by atoms with Gasteiger partial charge in [-0.25, -0.2) is 9.50 Å². The van der Waals surface area contributed by atoms with Crippen LogP contribution in [0.2, 0.25) is 0 Å². The molecular weight excluding hydrogens is 375 g/mol. The number of aromatic nitrogens is 4. The molecule has 1 atom stereocenters. The lowest BCUT2D eigenvalue weighted by atomic mass is 10.1. The fraction of sp³-hybridized carbons (Fsp3) is 0.444. The van der Waals surface area contributed by atoms with Crippen LogP contribution in [0.25, 0.3) is 5.78 Å². The van der Waals surface area contributed by atoms with Gasteiger partial charge in [-0.2, -0.15) is 18.2 Å². The van der Waals surface area contributed by atoms with Crippen molar-refractivity contribution < 1.29 is 22.4 Å². The van der Waals surface area contributed by atoms with Gasteiger partial charge in [0.15, 0.2) is 0 Å². The molecule has 0 aliphatic carbocycles. The predicted octanol–water partition coefficient (Wildman–Crippen LogP) is 3.51. The lowest BCUT2D eigenvalue weighted by molar-refractivity contribution is -0.144. The maximum Gasteiger partial charge on any atom is 0.453 e. The minimum absolute atomic E-state index is 0.110. The van der Waals surface area contributed by atoms with Crippen LogP contribution in [0.15, 0.2) is 22.8 Å². The van der Waals surface area contributed by atoms with E-state index in [4.69, 9.17) is 4.42 Å². The van der Waals surface area contributed by atoms with Crippen molar-refractivity contribution in [2.24, 2.45) is 0 Å². The molecule has 3 aromatic rings. The Morgan fingerprint density at radius 3 is 2.64 bits per heavy atom. The molecule has 28 heavy (non-hydrogen) atoms. The summed E-state index contributed by atoms with van der Waals surface area (Å²) in [7, 11) is 1.68. The van der Waals surface area contributed by atoms with Gasteiger partial charge in [0.1, 0.15) is 5.76 Å². The molecule has 0 saturated heterocycles. The van der Waals surface area contributed by atoms with Gasteiger partial charge < -0.3 is 9.32 Å². The maximum absolute atomic E-state index is 12.9. The van der Waals surface area contributed by atoms with E-state index < -0.39 is 12.0 Å². The summed E-state index contributed by atoms with van der Waals surface area (Å²) in [6, 6.07) is 3.32. The first-order valence-electron chi connectivity index (χ1n) is 8.68. The van der Waals surface area contributed by atoms with Crippen molar-refractivity contribution in [1.82, 2.24) is 24.5 Å². The van der Waals surface area contributed by atoms with Gasteiger partial charge in [0.05, 0.1) is 12.3 Å². The molecule has 0 bridgehead atoms. The molecule has 3 rings (SSSR count). The molecule has 10 heteroatoms. The topological polar surface area (TPSA) is 76.5 Å². The Morgan fingerprint density at radius 2 is 2.04 bits per heavy atom. The molecule has 7 nitrogen and oxygen atoms in total. The van der Waals surface area contributed by atoms with Crippen LogP contribution in [-0.2, 0) is 17.4 Å². The molecule has 150 valence electrons. The van der Waals surface area contributed by atoms with Crippen LogP contribution in [0.1, 0.15) is 47.9 Å². The summed E-state index contributed by atoms with van der Waals surface area (Å²) in [5, 5.41) is 3.52. The van der Waals surface area contributed by atoms with Crippen molar-refractivity contribution in [2.75, 3.05) is 7.05 Å². The zero-order valence-electron chi connectivity index (χ0n) is 15.9. The Bertz CT molecular complexity index is 995. The Morgan fingerprint density at radius 1 is 1.32 bits per heavy atom. The Hall–Kier alpha value is -2.91. The first-order chi connectivity index (χ1) is 13.1. The minimum Gasteiger partial charge on any atom is -0.467 e. The highest BCUT2D eigenvalue weighted by Crippen LogP contribution is 2.27. The minimum atomic E-state index is -4.64. The molecule has 1 amide bonds. The SMILES string of the molecule is Cc1nc2nc(C(F)(F)F)nn2c(C)c1CCC(=O)N(C)C(C)c1ccco1. The normalized spacial score (nSPS) is 13.1. The Balaban J connectivity index is 1.79. The van der Waals surface area contributed by atoms with Crippen molar-refractivity contribution in [1.29, 1.82) is 0 Å². The number of hydrogen-bond acceptors (Lipinski definition) is 5. The second-order valence-corrected chi connectivity index (χ2v) is 6.60. The monoisotopic (exact) mass is 395 g/mol. The molecule has 0 N–H and O–H groups in total.